The Hall–Kier alpha value is -2.22. The molecule has 2 aromatic heterocycles. The highest BCUT2D eigenvalue weighted by atomic mass is 16.6. The largest absolute Gasteiger partial charge is 0.463 e. The van der Waals surface area contributed by atoms with Crippen LogP contribution >= 0.6 is 0 Å². The molecule has 0 amide bonds. The second kappa shape index (κ2) is 5.41. The maximum atomic E-state index is 11.4. The Labute approximate surface area is 102 Å². The lowest BCUT2D eigenvalue weighted by atomic mass is 10.5. The molecule has 0 radical (unpaired) electrons. The van der Waals surface area contributed by atoms with E-state index in [4.69, 9.17) is 9.47 Å². The van der Waals surface area contributed by atoms with Crippen LogP contribution in [0.3, 0.4) is 0 Å². The van der Waals surface area contributed by atoms with E-state index in [2.05, 4.69) is 15.0 Å². The highest BCUT2D eigenvalue weighted by Gasteiger charge is 2.06. The number of carbonyl (C=O) groups excluding carboxylic acids is 1. The number of nitrogens with zero attached hydrogens (tertiary/aromatic N) is 3. The summed E-state index contributed by atoms with van der Waals surface area (Å²) in [6.07, 6.45) is 2.78. The average molecular weight is 252 g/mol. The number of esters is 1. The minimum absolute atomic E-state index is 0.189. The standard InChI is InChI=1S/C10H12N4O4/c1-7(15)18-3-2-17-6-14-5-13-8-9(14)11-4-12-10(8)16/h4-5H,2-3,6H2,1H3,(H,11,12,16). The maximum absolute atomic E-state index is 11.4. The van der Waals surface area contributed by atoms with Crippen LogP contribution in [0, 0.1) is 0 Å². The van der Waals surface area contributed by atoms with Gasteiger partial charge in [-0.1, -0.05) is 0 Å². The number of H-pyrrole nitrogens is 1. The zero-order valence-electron chi connectivity index (χ0n) is 9.75. The fraction of sp³-hybridized carbons (Fsp3) is 0.400. The molecule has 0 aliphatic heterocycles. The molecule has 0 unspecified atom stereocenters. The molecule has 8 nitrogen and oxygen atoms in total. The third-order valence-corrected chi connectivity index (χ3v) is 2.17. The van der Waals surface area contributed by atoms with Gasteiger partial charge in [0.15, 0.2) is 11.2 Å². The second-order valence-electron chi connectivity index (χ2n) is 3.50. The first-order valence-electron chi connectivity index (χ1n) is 5.28. The van der Waals surface area contributed by atoms with Crippen LogP contribution in [-0.4, -0.2) is 38.7 Å². The van der Waals surface area contributed by atoms with E-state index in [9.17, 15) is 9.59 Å². The molecular formula is C10H12N4O4. The average Bonchev–Trinajstić information content (AvgIpc) is 2.73. The maximum Gasteiger partial charge on any atom is 0.302 e. The van der Waals surface area contributed by atoms with Gasteiger partial charge in [-0.2, -0.15) is 0 Å². The summed E-state index contributed by atoms with van der Waals surface area (Å²) in [7, 11) is 0. The molecule has 0 aromatic carbocycles. The molecule has 2 rings (SSSR count). The zero-order valence-corrected chi connectivity index (χ0v) is 9.75. The quantitative estimate of drug-likeness (QED) is 0.577. The van der Waals surface area contributed by atoms with Gasteiger partial charge >= 0.3 is 5.97 Å². The number of aromatic amines is 1. The van der Waals surface area contributed by atoms with Crippen molar-refractivity contribution < 1.29 is 14.3 Å². The van der Waals surface area contributed by atoms with Crippen LogP contribution in [0.25, 0.3) is 11.2 Å². The number of hydrogen-bond donors (Lipinski definition) is 1. The van der Waals surface area contributed by atoms with E-state index in [1.807, 2.05) is 0 Å². The Kier molecular flexibility index (Phi) is 3.68. The van der Waals surface area contributed by atoms with Crippen LogP contribution in [0.15, 0.2) is 17.4 Å². The van der Waals surface area contributed by atoms with Crippen molar-refractivity contribution in [1.82, 2.24) is 19.5 Å². The van der Waals surface area contributed by atoms with Crippen molar-refractivity contribution in [1.29, 1.82) is 0 Å². The highest BCUT2D eigenvalue weighted by Crippen LogP contribution is 2.03. The van der Waals surface area contributed by atoms with Crippen molar-refractivity contribution in [2.45, 2.75) is 13.7 Å². The first-order valence-corrected chi connectivity index (χ1v) is 5.28. The Morgan fingerprint density at radius 2 is 2.28 bits per heavy atom. The molecule has 0 saturated heterocycles. The second-order valence-corrected chi connectivity index (χ2v) is 3.50. The molecule has 96 valence electrons. The molecule has 0 aliphatic carbocycles. The van der Waals surface area contributed by atoms with Gasteiger partial charge in [0.1, 0.15) is 13.3 Å². The summed E-state index contributed by atoms with van der Waals surface area (Å²) in [6.45, 7) is 1.98. The Morgan fingerprint density at radius 1 is 1.44 bits per heavy atom. The van der Waals surface area contributed by atoms with Crippen molar-refractivity contribution in [2.24, 2.45) is 0 Å². The molecule has 0 spiro atoms. The van der Waals surface area contributed by atoms with Crippen LogP contribution in [0.5, 0.6) is 0 Å². The third-order valence-electron chi connectivity index (χ3n) is 2.17. The van der Waals surface area contributed by atoms with Crippen LogP contribution in [0.1, 0.15) is 6.92 Å². The summed E-state index contributed by atoms with van der Waals surface area (Å²) < 4.78 is 11.6. The van der Waals surface area contributed by atoms with E-state index >= 15 is 0 Å². The number of carbonyl (C=O) groups is 1. The van der Waals surface area contributed by atoms with Crippen molar-refractivity contribution in [3.63, 3.8) is 0 Å². The zero-order chi connectivity index (χ0) is 13.0. The monoisotopic (exact) mass is 252 g/mol. The Morgan fingerprint density at radius 3 is 3.06 bits per heavy atom. The number of imidazole rings is 1. The van der Waals surface area contributed by atoms with Gasteiger partial charge in [0.2, 0.25) is 0 Å². The van der Waals surface area contributed by atoms with Crippen molar-refractivity contribution in [3.05, 3.63) is 23.0 Å². The molecular weight excluding hydrogens is 240 g/mol. The predicted molar refractivity (Wildman–Crippen MR) is 60.7 cm³/mol. The van der Waals surface area contributed by atoms with Gasteiger partial charge in [0.05, 0.1) is 19.3 Å². The van der Waals surface area contributed by atoms with Gasteiger partial charge < -0.3 is 14.5 Å². The normalized spacial score (nSPS) is 10.7. The van der Waals surface area contributed by atoms with Gasteiger partial charge in [0.25, 0.3) is 5.56 Å². The van der Waals surface area contributed by atoms with E-state index in [1.54, 1.807) is 4.57 Å². The molecule has 18 heavy (non-hydrogen) atoms. The molecule has 2 heterocycles. The summed E-state index contributed by atoms with van der Waals surface area (Å²) in [6, 6.07) is 0. The number of nitrogens with one attached hydrogen (secondary N) is 1. The fourth-order valence-electron chi connectivity index (χ4n) is 1.39. The first kappa shape index (κ1) is 12.2. The van der Waals surface area contributed by atoms with Crippen molar-refractivity contribution in [2.75, 3.05) is 13.2 Å². The van der Waals surface area contributed by atoms with Crippen LogP contribution in [0.2, 0.25) is 0 Å². The van der Waals surface area contributed by atoms with E-state index < -0.39 is 0 Å². The van der Waals surface area contributed by atoms with Gasteiger partial charge in [-0.05, 0) is 0 Å². The summed E-state index contributed by atoms with van der Waals surface area (Å²) in [5.41, 5.74) is 0.422. The molecule has 0 atom stereocenters. The van der Waals surface area contributed by atoms with Crippen LogP contribution < -0.4 is 5.56 Å². The molecule has 1 N–H and O–H groups in total. The van der Waals surface area contributed by atoms with Gasteiger partial charge in [0, 0.05) is 6.92 Å². The smallest absolute Gasteiger partial charge is 0.302 e. The minimum atomic E-state index is -0.347. The number of aromatic nitrogens is 4. The Bertz CT molecular complexity index is 603. The van der Waals surface area contributed by atoms with Crippen LogP contribution in [-0.2, 0) is 21.0 Å². The summed E-state index contributed by atoms with van der Waals surface area (Å²) in [4.78, 5) is 32.3. The number of ether oxygens (including phenoxy) is 2. The number of rotatable bonds is 5. The SMILES string of the molecule is CC(=O)OCCOCn1cnc2c(=O)[nH]cnc21. The van der Waals surface area contributed by atoms with Crippen LogP contribution in [0.4, 0.5) is 0 Å². The van der Waals surface area contributed by atoms with E-state index in [-0.39, 0.29) is 37.0 Å². The van der Waals surface area contributed by atoms with Gasteiger partial charge in [-0.3, -0.25) is 14.2 Å². The molecule has 2 aromatic rings. The lowest BCUT2D eigenvalue weighted by molar-refractivity contribution is -0.142. The molecule has 0 fully saturated rings. The highest BCUT2D eigenvalue weighted by molar-refractivity contribution is 5.68. The number of fused-ring (bicyclic) bond motifs is 1. The van der Waals surface area contributed by atoms with E-state index in [0.29, 0.717) is 5.65 Å². The minimum Gasteiger partial charge on any atom is -0.463 e. The Balaban J connectivity index is 1.94. The molecule has 0 bridgehead atoms. The van der Waals surface area contributed by atoms with Crippen molar-refractivity contribution >= 4 is 17.1 Å². The summed E-state index contributed by atoms with van der Waals surface area (Å²) in [5.74, 6) is -0.347. The lowest BCUT2D eigenvalue weighted by Gasteiger charge is -2.05. The summed E-state index contributed by atoms with van der Waals surface area (Å²) in [5, 5.41) is 0. The molecule has 0 saturated carbocycles. The predicted octanol–water partition coefficient (Wildman–Crippen LogP) is -0.343. The van der Waals surface area contributed by atoms with Gasteiger partial charge in [-0.15, -0.1) is 0 Å². The first-order chi connectivity index (χ1) is 8.68. The topological polar surface area (TPSA) is 99.1 Å². The van der Waals surface area contributed by atoms with E-state index in [1.165, 1.54) is 19.6 Å². The summed E-state index contributed by atoms with van der Waals surface area (Å²) >= 11 is 0. The molecule has 8 heteroatoms. The van der Waals surface area contributed by atoms with E-state index in [0.717, 1.165) is 0 Å². The van der Waals surface area contributed by atoms with Gasteiger partial charge in [-0.25, -0.2) is 9.97 Å². The fourth-order valence-corrected chi connectivity index (χ4v) is 1.39. The molecule has 0 aliphatic rings. The van der Waals surface area contributed by atoms with Crippen molar-refractivity contribution in [3.8, 4) is 0 Å². The lowest BCUT2D eigenvalue weighted by Crippen LogP contribution is -2.11. The third kappa shape index (κ3) is 2.72. The number of hydrogen-bond acceptors (Lipinski definition) is 6.